The summed E-state index contributed by atoms with van der Waals surface area (Å²) >= 11 is 6.00. The van der Waals surface area contributed by atoms with Gasteiger partial charge in [0.25, 0.3) is 0 Å². The average Bonchev–Trinajstić information content (AvgIpc) is 2.35. The van der Waals surface area contributed by atoms with E-state index in [1.54, 1.807) is 0 Å². The molecule has 0 bridgehead atoms. The molecule has 0 heterocycles. The van der Waals surface area contributed by atoms with Crippen LogP contribution in [0.15, 0.2) is 24.3 Å². The van der Waals surface area contributed by atoms with Gasteiger partial charge in [0, 0.05) is 11.6 Å². The molecular weight excluding hydrogens is 260 g/mol. The summed E-state index contributed by atoms with van der Waals surface area (Å²) in [5.41, 5.74) is 6.52. The smallest absolute Gasteiger partial charge is 0.227 e. The van der Waals surface area contributed by atoms with E-state index in [0.717, 1.165) is 5.56 Å². The van der Waals surface area contributed by atoms with Gasteiger partial charge in [-0.25, -0.2) is 0 Å². The van der Waals surface area contributed by atoms with Gasteiger partial charge < -0.3 is 11.1 Å². The van der Waals surface area contributed by atoms with Crippen LogP contribution in [0.5, 0.6) is 0 Å². The molecule has 0 spiro atoms. The molecule has 3 nitrogen and oxygen atoms in total. The lowest BCUT2D eigenvalue weighted by Crippen LogP contribution is -2.36. The highest BCUT2D eigenvalue weighted by Crippen LogP contribution is 2.26. The van der Waals surface area contributed by atoms with Gasteiger partial charge >= 0.3 is 0 Å². The van der Waals surface area contributed by atoms with Crippen molar-refractivity contribution >= 4 is 17.5 Å². The highest BCUT2D eigenvalue weighted by molar-refractivity contribution is 6.30. The molecule has 3 N–H and O–H groups in total. The van der Waals surface area contributed by atoms with Crippen molar-refractivity contribution in [2.75, 3.05) is 13.1 Å². The highest BCUT2D eigenvalue weighted by Gasteiger charge is 2.24. The van der Waals surface area contributed by atoms with Crippen LogP contribution in [-0.4, -0.2) is 19.0 Å². The van der Waals surface area contributed by atoms with E-state index in [0.29, 0.717) is 18.1 Å². The first-order chi connectivity index (χ1) is 8.95. The first-order valence-corrected chi connectivity index (χ1v) is 7.06. The molecular formula is C15H23ClN2O. The molecule has 0 aliphatic carbocycles. The number of hydrogen-bond acceptors (Lipinski definition) is 2. The lowest BCUT2D eigenvalue weighted by molar-refractivity contribution is -0.123. The molecule has 0 aliphatic rings. The molecule has 0 aromatic heterocycles. The van der Waals surface area contributed by atoms with E-state index in [-0.39, 0.29) is 23.7 Å². The lowest BCUT2D eigenvalue weighted by atomic mass is 9.87. The maximum Gasteiger partial charge on any atom is 0.227 e. The third-order valence-electron chi connectivity index (χ3n) is 3.18. The number of rotatable bonds is 6. The molecule has 2 atom stereocenters. The summed E-state index contributed by atoms with van der Waals surface area (Å²) in [7, 11) is 0. The molecule has 0 aliphatic heterocycles. The Hall–Kier alpha value is -1.06. The van der Waals surface area contributed by atoms with Gasteiger partial charge in [-0.05, 0) is 36.1 Å². The Kier molecular flexibility index (Phi) is 6.32. The van der Waals surface area contributed by atoms with E-state index in [4.69, 9.17) is 17.3 Å². The number of halogens is 1. The van der Waals surface area contributed by atoms with E-state index in [9.17, 15) is 4.79 Å². The molecule has 0 radical (unpaired) electrons. The molecule has 1 rings (SSSR count). The third-order valence-corrected chi connectivity index (χ3v) is 3.42. The Morgan fingerprint density at radius 1 is 1.37 bits per heavy atom. The third kappa shape index (κ3) is 4.84. The van der Waals surface area contributed by atoms with Crippen molar-refractivity contribution in [3.05, 3.63) is 34.9 Å². The molecule has 0 saturated carbocycles. The van der Waals surface area contributed by atoms with Crippen LogP contribution in [0.4, 0.5) is 0 Å². The molecule has 4 heteroatoms. The van der Waals surface area contributed by atoms with Gasteiger partial charge in [0.2, 0.25) is 5.91 Å². The van der Waals surface area contributed by atoms with Crippen molar-refractivity contribution < 1.29 is 4.79 Å². The summed E-state index contributed by atoms with van der Waals surface area (Å²) in [5.74, 6) is 0.365. The van der Waals surface area contributed by atoms with Crippen LogP contribution in [0, 0.1) is 11.8 Å². The zero-order chi connectivity index (χ0) is 14.4. The molecule has 1 aromatic rings. The van der Waals surface area contributed by atoms with Crippen molar-refractivity contribution in [2.24, 2.45) is 17.6 Å². The SMILES string of the molecule is CC(CN)CNC(=O)C(c1cccc(Cl)c1)C(C)C. The fourth-order valence-corrected chi connectivity index (χ4v) is 2.21. The molecule has 2 unspecified atom stereocenters. The predicted molar refractivity (Wildman–Crippen MR) is 80.3 cm³/mol. The number of nitrogens with two attached hydrogens (primary N) is 1. The highest BCUT2D eigenvalue weighted by atomic mass is 35.5. The van der Waals surface area contributed by atoms with Gasteiger partial charge in [-0.2, -0.15) is 0 Å². The molecule has 19 heavy (non-hydrogen) atoms. The van der Waals surface area contributed by atoms with Crippen LogP contribution < -0.4 is 11.1 Å². The van der Waals surface area contributed by atoms with E-state index in [2.05, 4.69) is 5.32 Å². The Labute approximate surface area is 120 Å². The predicted octanol–water partition coefficient (Wildman–Crippen LogP) is 2.79. The minimum atomic E-state index is -0.177. The number of hydrogen-bond donors (Lipinski definition) is 2. The van der Waals surface area contributed by atoms with Crippen molar-refractivity contribution in [2.45, 2.75) is 26.7 Å². The van der Waals surface area contributed by atoms with Gasteiger partial charge in [0.1, 0.15) is 0 Å². The molecule has 0 fully saturated rings. The normalized spacial score (nSPS) is 14.2. The van der Waals surface area contributed by atoms with Crippen LogP contribution in [-0.2, 0) is 4.79 Å². The topological polar surface area (TPSA) is 55.1 Å². The molecule has 1 amide bonds. The molecule has 106 valence electrons. The van der Waals surface area contributed by atoms with Crippen molar-refractivity contribution in [1.82, 2.24) is 5.32 Å². The number of nitrogens with one attached hydrogen (secondary N) is 1. The van der Waals surface area contributed by atoms with Crippen molar-refractivity contribution in [3.8, 4) is 0 Å². The van der Waals surface area contributed by atoms with Gasteiger partial charge in [0.15, 0.2) is 0 Å². The van der Waals surface area contributed by atoms with E-state index >= 15 is 0 Å². The quantitative estimate of drug-likeness (QED) is 0.843. The summed E-state index contributed by atoms with van der Waals surface area (Å²) in [6, 6.07) is 7.50. The van der Waals surface area contributed by atoms with Gasteiger partial charge in [-0.1, -0.05) is 44.5 Å². The van der Waals surface area contributed by atoms with Crippen LogP contribution in [0.2, 0.25) is 5.02 Å². The lowest BCUT2D eigenvalue weighted by Gasteiger charge is -2.22. The average molecular weight is 283 g/mol. The standard InChI is InChI=1S/C15H23ClN2O/c1-10(2)14(12-5-4-6-13(16)7-12)15(19)18-9-11(3)8-17/h4-7,10-11,14H,8-9,17H2,1-3H3,(H,18,19). The Morgan fingerprint density at radius 2 is 2.05 bits per heavy atom. The first-order valence-electron chi connectivity index (χ1n) is 6.69. The molecule has 1 aromatic carbocycles. The molecule has 0 saturated heterocycles. The second kappa shape index (κ2) is 7.51. The summed E-state index contributed by atoms with van der Waals surface area (Å²) in [4.78, 5) is 12.3. The van der Waals surface area contributed by atoms with Gasteiger partial charge in [-0.3, -0.25) is 4.79 Å². The zero-order valence-electron chi connectivity index (χ0n) is 11.8. The second-order valence-corrected chi connectivity index (χ2v) is 5.80. The van der Waals surface area contributed by atoms with Crippen LogP contribution >= 0.6 is 11.6 Å². The fourth-order valence-electron chi connectivity index (χ4n) is 2.01. The number of carbonyl (C=O) groups excluding carboxylic acids is 1. The van der Waals surface area contributed by atoms with Crippen molar-refractivity contribution in [3.63, 3.8) is 0 Å². The number of carbonyl (C=O) groups is 1. The maximum atomic E-state index is 12.3. The Balaban J connectivity index is 2.80. The Morgan fingerprint density at radius 3 is 2.58 bits per heavy atom. The van der Waals surface area contributed by atoms with Crippen LogP contribution in [0.25, 0.3) is 0 Å². The van der Waals surface area contributed by atoms with Gasteiger partial charge in [0.05, 0.1) is 5.92 Å². The monoisotopic (exact) mass is 282 g/mol. The minimum Gasteiger partial charge on any atom is -0.355 e. The summed E-state index contributed by atoms with van der Waals surface area (Å²) < 4.78 is 0. The number of benzene rings is 1. The maximum absolute atomic E-state index is 12.3. The number of amides is 1. The Bertz CT molecular complexity index is 420. The second-order valence-electron chi connectivity index (χ2n) is 5.36. The van der Waals surface area contributed by atoms with Crippen LogP contribution in [0.3, 0.4) is 0 Å². The zero-order valence-corrected chi connectivity index (χ0v) is 12.6. The van der Waals surface area contributed by atoms with E-state index in [1.165, 1.54) is 0 Å². The summed E-state index contributed by atoms with van der Waals surface area (Å²) in [6.07, 6.45) is 0. The fraction of sp³-hybridized carbons (Fsp3) is 0.533. The largest absolute Gasteiger partial charge is 0.355 e. The van der Waals surface area contributed by atoms with E-state index in [1.807, 2.05) is 45.0 Å². The van der Waals surface area contributed by atoms with Crippen LogP contribution in [0.1, 0.15) is 32.3 Å². The summed E-state index contributed by atoms with van der Waals surface area (Å²) in [6.45, 7) is 7.28. The first kappa shape index (κ1) is 16.0. The van der Waals surface area contributed by atoms with Crippen molar-refractivity contribution in [1.29, 1.82) is 0 Å². The summed E-state index contributed by atoms with van der Waals surface area (Å²) in [5, 5.41) is 3.63. The minimum absolute atomic E-state index is 0.0394. The van der Waals surface area contributed by atoms with Gasteiger partial charge in [-0.15, -0.1) is 0 Å². The van der Waals surface area contributed by atoms with E-state index < -0.39 is 0 Å².